The molecule has 0 aliphatic heterocycles. The van der Waals surface area contributed by atoms with Crippen LogP contribution in [0.3, 0.4) is 0 Å². The second-order valence-corrected chi connectivity index (χ2v) is 8.67. The van der Waals surface area contributed by atoms with Gasteiger partial charge in [0.25, 0.3) is 15.9 Å². The van der Waals surface area contributed by atoms with Gasteiger partial charge in [-0.2, -0.15) is 0 Å². The van der Waals surface area contributed by atoms with Crippen LogP contribution in [0.4, 0.5) is 9.52 Å². The molecule has 0 unspecified atom stereocenters. The number of aromatic nitrogens is 1. The molecule has 1 amide bonds. The summed E-state index contributed by atoms with van der Waals surface area (Å²) in [5.74, 6) is -0.261. The van der Waals surface area contributed by atoms with Crippen LogP contribution in [0.5, 0.6) is 5.75 Å². The van der Waals surface area contributed by atoms with Crippen molar-refractivity contribution in [3.8, 4) is 5.75 Å². The Labute approximate surface area is 171 Å². The van der Waals surface area contributed by atoms with E-state index in [0.29, 0.717) is 11.4 Å². The van der Waals surface area contributed by atoms with Crippen molar-refractivity contribution in [3.63, 3.8) is 0 Å². The fourth-order valence-corrected chi connectivity index (χ4v) is 4.66. The second kappa shape index (κ2) is 8.58. The summed E-state index contributed by atoms with van der Waals surface area (Å²) < 4.78 is 45.4. The zero-order chi connectivity index (χ0) is 21.0. The van der Waals surface area contributed by atoms with Crippen molar-refractivity contribution in [3.05, 3.63) is 70.5 Å². The number of halogens is 1. The standard InChI is InChI=1S/C19H18FN3O4S2/c1-12-17(18(24)21-11-13-5-3-4-6-16(13)27-2)28-19(22-12)23-29(25,26)15-9-7-14(20)8-10-15/h3-10H,11H2,1-2H3,(H,21,24)(H,22,23). The number of rotatable bonds is 7. The number of amides is 1. The molecule has 0 saturated carbocycles. The quantitative estimate of drug-likeness (QED) is 0.593. The lowest BCUT2D eigenvalue weighted by Gasteiger charge is -2.09. The molecule has 1 aromatic heterocycles. The Morgan fingerprint density at radius 2 is 1.86 bits per heavy atom. The van der Waals surface area contributed by atoms with Crippen molar-refractivity contribution in [2.45, 2.75) is 18.4 Å². The van der Waals surface area contributed by atoms with Gasteiger partial charge in [0.2, 0.25) is 0 Å². The lowest BCUT2D eigenvalue weighted by Crippen LogP contribution is -2.22. The number of anilines is 1. The predicted molar refractivity (Wildman–Crippen MR) is 108 cm³/mol. The topological polar surface area (TPSA) is 97.4 Å². The Hall–Kier alpha value is -2.98. The molecule has 152 valence electrons. The normalized spacial score (nSPS) is 11.1. The molecule has 2 N–H and O–H groups in total. The summed E-state index contributed by atoms with van der Waals surface area (Å²) in [6, 6.07) is 11.7. The maximum atomic E-state index is 13.0. The van der Waals surface area contributed by atoms with Crippen LogP contribution in [0, 0.1) is 12.7 Å². The SMILES string of the molecule is COc1ccccc1CNC(=O)c1sc(NS(=O)(=O)c2ccc(F)cc2)nc1C. The molecule has 0 atom stereocenters. The number of nitrogens with one attached hydrogen (secondary N) is 2. The lowest BCUT2D eigenvalue weighted by molar-refractivity contribution is 0.0954. The van der Waals surface area contributed by atoms with E-state index in [-0.39, 0.29) is 27.4 Å². The average molecular weight is 436 g/mol. The van der Waals surface area contributed by atoms with Crippen molar-refractivity contribution < 1.29 is 22.3 Å². The van der Waals surface area contributed by atoms with Crippen molar-refractivity contribution in [1.82, 2.24) is 10.3 Å². The molecule has 0 radical (unpaired) electrons. The molecule has 10 heteroatoms. The summed E-state index contributed by atoms with van der Waals surface area (Å²) in [5, 5.41) is 2.83. The molecule has 0 spiro atoms. The van der Waals surface area contributed by atoms with Gasteiger partial charge in [-0.25, -0.2) is 17.8 Å². The van der Waals surface area contributed by atoms with E-state index in [4.69, 9.17) is 4.74 Å². The summed E-state index contributed by atoms with van der Waals surface area (Å²) in [6.07, 6.45) is 0. The van der Waals surface area contributed by atoms with Crippen molar-refractivity contribution >= 4 is 32.4 Å². The Balaban J connectivity index is 1.72. The van der Waals surface area contributed by atoms with Gasteiger partial charge < -0.3 is 10.1 Å². The second-order valence-electron chi connectivity index (χ2n) is 5.99. The molecule has 29 heavy (non-hydrogen) atoms. The third-order valence-corrected chi connectivity index (χ3v) is 6.54. The van der Waals surface area contributed by atoms with E-state index in [1.165, 1.54) is 0 Å². The molecular formula is C19H18FN3O4S2. The number of para-hydroxylation sites is 1. The average Bonchev–Trinajstić information content (AvgIpc) is 3.06. The van der Waals surface area contributed by atoms with Gasteiger partial charge in [0.15, 0.2) is 5.13 Å². The molecule has 3 aromatic rings. The highest BCUT2D eigenvalue weighted by molar-refractivity contribution is 7.93. The van der Waals surface area contributed by atoms with E-state index >= 15 is 0 Å². The lowest BCUT2D eigenvalue weighted by atomic mass is 10.2. The fraction of sp³-hybridized carbons (Fsp3) is 0.158. The monoisotopic (exact) mass is 435 g/mol. The van der Waals surface area contributed by atoms with Gasteiger partial charge in [-0.05, 0) is 37.3 Å². The Bertz CT molecular complexity index is 1130. The number of aryl methyl sites for hydroxylation is 1. The third-order valence-electron chi connectivity index (χ3n) is 3.98. The highest BCUT2D eigenvalue weighted by atomic mass is 32.2. The maximum absolute atomic E-state index is 13.0. The molecule has 0 bridgehead atoms. The molecule has 1 heterocycles. The van der Waals surface area contributed by atoms with Gasteiger partial charge in [0, 0.05) is 12.1 Å². The molecule has 0 saturated heterocycles. The first kappa shape index (κ1) is 20.7. The molecule has 7 nitrogen and oxygen atoms in total. The summed E-state index contributed by atoms with van der Waals surface area (Å²) in [4.78, 5) is 16.8. The zero-order valence-corrected chi connectivity index (χ0v) is 17.2. The van der Waals surface area contributed by atoms with Gasteiger partial charge in [-0.15, -0.1) is 0 Å². The van der Waals surface area contributed by atoms with E-state index in [9.17, 15) is 17.6 Å². The summed E-state index contributed by atoms with van der Waals surface area (Å²) in [6.45, 7) is 1.86. The van der Waals surface area contributed by atoms with Crippen LogP contribution in [-0.2, 0) is 16.6 Å². The number of methoxy groups -OCH3 is 1. The number of ether oxygens (including phenoxy) is 1. The van der Waals surface area contributed by atoms with Crippen molar-refractivity contribution in [2.24, 2.45) is 0 Å². The van der Waals surface area contributed by atoms with E-state index in [2.05, 4.69) is 15.0 Å². The van der Waals surface area contributed by atoms with Crippen LogP contribution in [0.1, 0.15) is 20.9 Å². The van der Waals surface area contributed by atoms with Crippen LogP contribution in [-0.4, -0.2) is 26.4 Å². The van der Waals surface area contributed by atoms with E-state index < -0.39 is 15.8 Å². The molecule has 0 fully saturated rings. The molecule has 0 aliphatic carbocycles. The van der Waals surface area contributed by atoms with Crippen LogP contribution in [0.15, 0.2) is 53.4 Å². The van der Waals surface area contributed by atoms with E-state index in [1.54, 1.807) is 20.1 Å². The van der Waals surface area contributed by atoms with E-state index in [1.807, 2.05) is 18.2 Å². The maximum Gasteiger partial charge on any atom is 0.263 e. The van der Waals surface area contributed by atoms with Crippen LogP contribution in [0.2, 0.25) is 0 Å². The number of hydrogen-bond donors (Lipinski definition) is 2. The smallest absolute Gasteiger partial charge is 0.263 e. The van der Waals surface area contributed by atoms with E-state index in [0.717, 1.165) is 41.2 Å². The zero-order valence-electron chi connectivity index (χ0n) is 15.6. The first-order valence-electron chi connectivity index (χ1n) is 8.46. The minimum atomic E-state index is -3.94. The van der Waals surface area contributed by atoms with Gasteiger partial charge in [0.05, 0.1) is 17.7 Å². The number of sulfonamides is 1. The first-order valence-corrected chi connectivity index (χ1v) is 10.8. The van der Waals surface area contributed by atoms with Gasteiger partial charge in [-0.1, -0.05) is 29.5 Å². The number of thiazole rings is 1. The Kier molecular flexibility index (Phi) is 6.14. The summed E-state index contributed by atoms with van der Waals surface area (Å²) in [5.41, 5.74) is 1.20. The van der Waals surface area contributed by atoms with Crippen LogP contribution < -0.4 is 14.8 Å². The molecule has 0 aliphatic rings. The Morgan fingerprint density at radius 3 is 2.55 bits per heavy atom. The van der Waals surface area contributed by atoms with Crippen LogP contribution >= 0.6 is 11.3 Å². The largest absolute Gasteiger partial charge is 0.496 e. The van der Waals surface area contributed by atoms with Crippen molar-refractivity contribution in [1.29, 1.82) is 0 Å². The number of carbonyl (C=O) groups is 1. The van der Waals surface area contributed by atoms with Crippen LogP contribution in [0.25, 0.3) is 0 Å². The third kappa shape index (κ3) is 4.90. The predicted octanol–water partition coefficient (Wildman–Crippen LogP) is 3.33. The molecule has 2 aromatic carbocycles. The highest BCUT2D eigenvalue weighted by Crippen LogP contribution is 2.25. The minimum Gasteiger partial charge on any atom is -0.496 e. The van der Waals surface area contributed by atoms with Gasteiger partial charge in [0.1, 0.15) is 16.4 Å². The Morgan fingerprint density at radius 1 is 1.17 bits per heavy atom. The highest BCUT2D eigenvalue weighted by Gasteiger charge is 2.20. The van der Waals surface area contributed by atoms with Crippen molar-refractivity contribution in [2.75, 3.05) is 11.8 Å². The fourth-order valence-electron chi connectivity index (χ4n) is 2.54. The number of benzene rings is 2. The number of nitrogens with zero attached hydrogens (tertiary/aromatic N) is 1. The number of carbonyl (C=O) groups excluding carboxylic acids is 1. The molecular weight excluding hydrogens is 417 g/mol. The number of hydrogen-bond acceptors (Lipinski definition) is 6. The van der Waals surface area contributed by atoms with Gasteiger partial charge >= 0.3 is 0 Å². The van der Waals surface area contributed by atoms with Gasteiger partial charge in [-0.3, -0.25) is 9.52 Å². The summed E-state index contributed by atoms with van der Waals surface area (Å²) >= 11 is 0.919. The molecule has 3 rings (SSSR count). The minimum absolute atomic E-state index is 0.0502. The summed E-state index contributed by atoms with van der Waals surface area (Å²) in [7, 11) is -2.39. The first-order chi connectivity index (χ1) is 13.8.